The molecule has 1 aliphatic carbocycles. The molecule has 1 heterocycles. The summed E-state index contributed by atoms with van der Waals surface area (Å²) in [6.45, 7) is 1.59. The maximum atomic E-state index is 6.03. The highest BCUT2D eigenvalue weighted by molar-refractivity contribution is 5.41. The Morgan fingerprint density at radius 1 is 1.44 bits per heavy atom. The van der Waals surface area contributed by atoms with Crippen LogP contribution in [0.15, 0.2) is 18.2 Å². The van der Waals surface area contributed by atoms with Gasteiger partial charge in [-0.2, -0.15) is 0 Å². The first kappa shape index (κ1) is 12.0. The molecule has 1 unspecified atom stereocenters. The Morgan fingerprint density at radius 3 is 2.89 bits per heavy atom. The molecule has 98 valence electrons. The second kappa shape index (κ2) is 4.56. The molecule has 1 aliphatic heterocycles. The van der Waals surface area contributed by atoms with Gasteiger partial charge in [-0.25, -0.2) is 0 Å². The van der Waals surface area contributed by atoms with Crippen molar-refractivity contribution in [1.29, 1.82) is 0 Å². The van der Waals surface area contributed by atoms with Gasteiger partial charge in [0.15, 0.2) is 0 Å². The average molecular weight is 246 g/mol. The molecule has 3 heteroatoms. The Balaban J connectivity index is 1.92. The third-order valence-electron chi connectivity index (χ3n) is 4.70. The number of hydrogen-bond acceptors (Lipinski definition) is 3. The molecule has 0 spiro atoms. The van der Waals surface area contributed by atoms with Crippen molar-refractivity contribution in [2.75, 3.05) is 20.2 Å². The van der Waals surface area contributed by atoms with Crippen LogP contribution in [-0.4, -0.2) is 20.2 Å². The normalized spacial score (nSPS) is 21.9. The average Bonchev–Trinajstić information content (AvgIpc) is 2.80. The second-order valence-electron chi connectivity index (χ2n) is 5.61. The van der Waals surface area contributed by atoms with E-state index in [1.54, 1.807) is 0 Å². The highest BCUT2D eigenvalue weighted by Gasteiger charge is 2.43. The fraction of sp³-hybridized carbons (Fsp3) is 0.600. The minimum absolute atomic E-state index is 0.266. The Hall–Kier alpha value is -1.06. The van der Waals surface area contributed by atoms with E-state index in [1.807, 2.05) is 7.05 Å². The summed E-state index contributed by atoms with van der Waals surface area (Å²) in [6, 6.07) is 6.99. The summed E-state index contributed by atoms with van der Waals surface area (Å²) in [4.78, 5) is 0. The number of hydrogen-bond donors (Lipinski definition) is 2. The molecule has 1 aromatic rings. The van der Waals surface area contributed by atoms with Crippen LogP contribution in [0, 0.1) is 5.41 Å². The van der Waals surface area contributed by atoms with E-state index in [9.17, 15) is 0 Å². The minimum Gasteiger partial charge on any atom is -0.493 e. The molecule has 1 saturated carbocycles. The molecule has 18 heavy (non-hydrogen) atoms. The van der Waals surface area contributed by atoms with Gasteiger partial charge in [0, 0.05) is 17.9 Å². The fourth-order valence-electron chi connectivity index (χ4n) is 3.45. The number of rotatable bonds is 4. The van der Waals surface area contributed by atoms with Crippen LogP contribution in [0.25, 0.3) is 0 Å². The lowest BCUT2D eigenvalue weighted by molar-refractivity contribution is 0.0879. The van der Waals surface area contributed by atoms with Crippen LogP contribution in [0.2, 0.25) is 0 Å². The van der Waals surface area contributed by atoms with Gasteiger partial charge in [-0.05, 0) is 43.6 Å². The molecule has 0 radical (unpaired) electrons. The highest BCUT2D eigenvalue weighted by atomic mass is 16.5. The zero-order chi connectivity index (χ0) is 12.6. The van der Waals surface area contributed by atoms with Gasteiger partial charge >= 0.3 is 0 Å². The van der Waals surface area contributed by atoms with Crippen LogP contribution in [0.1, 0.15) is 36.4 Å². The standard InChI is InChI=1S/C15H22N2O/c1-17-14(15(10-16)6-2-7-15)12-3-4-13-11(9-12)5-8-18-13/h3-4,9,14,17H,2,5-8,10,16H2,1H3. The zero-order valence-electron chi connectivity index (χ0n) is 11.0. The topological polar surface area (TPSA) is 47.3 Å². The second-order valence-corrected chi connectivity index (χ2v) is 5.61. The lowest BCUT2D eigenvalue weighted by atomic mass is 9.62. The number of benzene rings is 1. The third-order valence-corrected chi connectivity index (χ3v) is 4.70. The molecule has 0 bridgehead atoms. The molecule has 2 aliphatic rings. The monoisotopic (exact) mass is 246 g/mol. The van der Waals surface area contributed by atoms with Crippen LogP contribution < -0.4 is 15.8 Å². The summed E-state index contributed by atoms with van der Waals surface area (Å²) in [5, 5.41) is 3.48. The van der Waals surface area contributed by atoms with Crippen molar-refractivity contribution in [3.63, 3.8) is 0 Å². The molecular weight excluding hydrogens is 224 g/mol. The van der Waals surface area contributed by atoms with E-state index in [4.69, 9.17) is 10.5 Å². The van der Waals surface area contributed by atoms with Crippen LogP contribution in [0.4, 0.5) is 0 Å². The first-order chi connectivity index (χ1) is 8.79. The van der Waals surface area contributed by atoms with Crippen LogP contribution in [0.3, 0.4) is 0 Å². The van der Waals surface area contributed by atoms with Crippen LogP contribution in [-0.2, 0) is 6.42 Å². The van der Waals surface area contributed by atoms with Gasteiger partial charge in [0.05, 0.1) is 6.61 Å². The molecular formula is C15H22N2O. The molecule has 0 aromatic heterocycles. The first-order valence-corrected chi connectivity index (χ1v) is 6.92. The number of nitrogens with one attached hydrogen (secondary N) is 1. The van der Waals surface area contributed by atoms with Gasteiger partial charge in [0.1, 0.15) is 5.75 Å². The molecule has 1 atom stereocenters. The molecule has 0 amide bonds. The van der Waals surface area contributed by atoms with Crippen molar-refractivity contribution in [3.05, 3.63) is 29.3 Å². The van der Waals surface area contributed by atoms with Crippen molar-refractivity contribution in [1.82, 2.24) is 5.32 Å². The summed E-state index contributed by atoms with van der Waals surface area (Å²) < 4.78 is 5.57. The summed E-state index contributed by atoms with van der Waals surface area (Å²) in [7, 11) is 2.05. The van der Waals surface area contributed by atoms with E-state index >= 15 is 0 Å². The van der Waals surface area contributed by atoms with Gasteiger partial charge in [-0.1, -0.05) is 18.6 Å². The number of ether oxygens (including phenoxy) is 1. The van der Waals surface area contributed by atoms with E-state index in [0.717, 1.165) is 25.3 Å². The number of nitrogens with two attached hydrogens (primary N) is 1. The lowest BCUT2D eigenvalue weighted by Crippen LogP contribution is -2.47. The Kier molecular flexibility index (Phi) is 3.04. The summed E-state index contributed by atoms with van der Waals surface area (Å²) in [5.41, 5.74) is 9.01. The molecule has 1 fully saturated rings. The largest absolute Gasteiger partial charge is 0.493 e. The Labute approximate surface area is 109 Å². The maximum Gasteiger partial charge on any atom is 0.122 e. The first-order valence-electron chi connectivity index (χ1n) is 6.92. The van der Waals surface area contributed by atoms with Gasteiger partial charge in [0.25, 0.3) is 0 Å². The quantitative estimate of drug-likeness (QED) is 0.854. The molecule has 3 rings (SSSR count). The SMILES string of the molecule is CNC(c1ccc2c(c1)CCO2)C1(CN)CCC1. The third kappa shape index (κ3) is 1.73. The Morgan fingerprint density at radius 2 is 2.28 bits per heavy atom. The minimum atomic E-state index is 0.266. The van der Waals surface area contributed by atoms with Gasteiger partial charge in [-0.15, -0.1) is 0 Å². The van der Waals surface area contributed by atoms with Gasteiger partial charge in [-0.3, -0.25) is 0 Å². The van der Waals surface area contributed by atoms with Gasteiger partial charge < -0.3 is 15.8 Å². The molecule has 3 N–H and O–H groups in total. The van der Waals surface area contributed by atoms with Crippen LogP contribution in [0.5, 0.6) is 5.75 Å². The van der Waals surface area contributed by atoms with Crippen LogP contribution >= 0.6 is 0 Å². The number of fused-ring (bicyclic) bond motifs is 1. The summed E-state index contributed by atoms with van der Waals surface area (Å²) >= 11 is 0. The van der Waals surface area contributed by atoms with Crippen molar-refractivity contribution < 1.29 is 4.74 Å². The molecule has 3 nitrogen and oxygen atoms in total. The smallest absolute Gasteiger partial charge is 0.122 e. The van der Waals surface area contributed by atoms with Gasteiger partial charge in [0.2, 0.25) is 0 Å². The maximum absolute atomic E-state index is 6.03. The highest BCUT2D eigenvalue weighted by Crippen LogP contribution is 2.49. The van der Waals surface area contributed by atoms with Crippen molar-refractivity contribution >= 4 is 0 Å². The summed E-state index contributed by atoms with van der Waals surface area (Å²) in [6.07, 6.45) is 4.82. The Bertz CT molecular complexity index is 435. The molecule has 1 aromatic carbocycles. The predicted octanol–water partition coefficient (Wildman–Crippen LogP) is 2.01. The van der Waals surface area contributed by atoms with E-state index in [2.05, 4.69) is 23.5 Å². The summed E-state index contributed by atoms with van der Waals surface area (Å²) in [5.74, 6) is 1.06. The van der Waals surface area contributed by atoms with Crippen molar-refractivity contribution in [2.24, 2.45) is 11.1 Å². The predicted molar refractivity (Wildman–Crippen MR) is 72.8 cm³/mol. The zero-order valence-corrected chi connectivity index (χ0v) is 11.0. The molecule has 0 saturated heterocycles. The van der Waals surface area contributed by atoms with Crippen molar-refractivity contribution in [3.8, 4) is 5.75 Å². The fourth-order valence-corrected chi connectivity index (χ4v) is 3.45. The van der Waals surface area contributed by atoms with E-state index in [1.165, 1.54) is 30.4 Å². The van der Waals surface area contributed by atoms with E-state index in [0.29, 0.717) is 6.04 Å². The van der Waals surface area contributed by atoms with E-state index in [-0.39, 0.29) is 5.41 Å². The van der Waals surface area contributed by atoms with E-state index < -0.39 is 0 Å². The van der Waals surface area contributed by atoms with Crippen molar-refractivity contribution in [2.45, 2.75) is 31.7 Å². The lowest BCUT2D eigenvalue weighted by Gasteiger charge is -2.47.